The van der Waals surface area contributed by atoms with Gasteiger partial charge in [-0.2, -0.15) is 21.0 Å². The van der Waals surface area contributed by atoms with Crippen molar-refractivity contribution in [2.75, 3.05) is 31.4 Å². The van der Waals surface area contributed by atoms with Crippen LogP contribution in [-0.2, 0) is 32.3 Å². The molecule has 0 aliphatic carbocycles. The molecule has 0 aliphatic rings. The third kappa shape index (κ3) is 37.0. The van der Waals surface area contributed by atoms with Crippen molar-refractivity contribution in [3.63, 3.8) is 0 Å². The van der Waals surface area contributed by atoms with Gasteiger partial charge in [0.2, 0.25) is 0 Å². The first-order valence-corrected chi connectivity index (χ1v) is 23.8. The normalized spacial score (nSPS) is 11.7. The monoisotopic (exact) mass is 591 g/mol. The molecule has 0 aromatic heterocycles. The molecule has 0 aromatic carbocycles. The molecule has 0 rings (SSSR count). The molecule has 0 saturated heterocycles. The third-order valence-electron chi connectivity index (χ3n) is 3.03. The largest absolute Gasteiger partial charge is 0.397 e. The minimum Gasteiger partial charge on any atom is -0.333 e. The highest BCUT2D eigenvalue weighted by Gasteiger charge is 2.32. The van der Waals surface area contributed by atoms with Crippen LogP contribution in [0.25, 0.3) is 0 Å². The van der Waals surface area contributed by atoms with Gasteiger partial charge in [0.1, 0.15) is 0 Å². The second-order valence-corrected chi connectivity index (χ2v) is 27.2. The predicted molar refractivity (Wildman–Crippen MR) is 153 cm³/mol. The maximum atomic E-state index is 11.9. The first-order chi connectivity index (χ1) is 14.6. The van der Waals surface area contributed by atoms with E-state index in [4.69, 9.17) is 4.55 Å². The van der Waals surface area contributed by atoms with Crippen molar-refractivity contribution >= 4 is 56.9 Å². The second-order valence-electron chi connectivity index (χ2n) is 8.80. The molecule has 33 heavy (non-hydrogen) atoms. The number of nitrogens with two attached hydrogens (primary N) is 1. The van der Waals surface area contributed by atoms with Gasteiger partial charge >= 0.3 is 10.4 Å². The Kier molecular flexibility index (Phi) is 28.3. The Morgan fingerprint density at radius 1 is 0.848 bits per heavy atom. The summed E-state index contributed by atoms with van der Waals surface area (Å²) in [4.78, 5) is 0. The van der Waals surface area contributed by atoms with E-state index in [1.165, 1.54) is 7.05 Å². The average molecular weight is 592 g/mol. The highest BCUT2D eigenvalue weighted by Crippen LogP contribution is 2.17. The van der Waals surface area contributed by atoms with Gasteiger partial charge in [-0.1, -0.05) is 52.3 Å². The molecule has 0 atom stereocenters. The van der Waals surface area contributed by atoms with Gasteiger partial charge in [-0.3, -0.25) is 4.55 Å². The van der Waals surface area contributed by atoms with Crippen LogP contribution in [-0.4, -0.2) is 77.4 Å². The van der Waals surface area contributed by atoms with Crippen molar-refractivity contribution in [1.29, 1.82) is 0 Å². The summed E-state index contributed by atoms with van der Waals surface area (Å²) in [6.45, 7) is 19.3. The number of allylic oxidation sites excluding steroid dienone is 1. The van der Waals surface area contributed by atoms with E-state index in [2.05, 4.69) is 29.1 Å². The van der Waals surface area contributed by atoms with Crippen LogP contribution in [0.2, 0.25) is 51.4 Å². The van der Waals surface area contributed by atoms with Gasteiger partial charge in [0.05, 0.1) is 18.1 Å². The molecule has 0 saturated carbocycles. The van der Waals surface area contributed by atoms with Crippen molar-refractivity contribution in [1.82, 2.24) is 0 Å². The predicted octanol–water partition coefficient (Wildman–Crippen LogP) is 3.94. The van der Waals surface area contributed by atoms with Crippen molar-refractivity contribution < 1.29 is 34.0 Å². The van der Waals surface area contributed by atoms with E-state index in [0.717, 1.165) is 0 Å². The molecule has 0 radical (unpaired) electrons. The van der Waals surface area contributed by atoms with Crippen molar-refractivity contribution in [2.24, 2.45) is 5.73 Å². The van der Waals surface area contributed by atoms with Gasteiger partial charge in [-0.05, 0) is 38.7 Å². The van der Waals surface area contributed by atoms with Gasteiger partial charge in [0.15, 0.2) is 0 Å². The lowest BCUT2D eigenvalue weighted by Crippen LogP contribution is -2.31. The minimum absolute atomic E-state index is 0.0405. The molecule has 0 bridgehead atoms. The molecule has 0 aromatic rings. The summed E-state index contributed by atoms with van der Waals surface area (Å²) in [5.41, 5.74) is 4.50. The first kappa shape index (κ1) is 43.3. The summed E-state index contributed by atoms with van der Waals surface area (Å²) >= 11 is 3.53. The fourth-order valence-electron chi connectivity index (χ4n) is 1.30. The first-order valence-electron chi connectivity index (χ1n) is 10.3. The molecular formula is C18H49NO8S4Si2. The summed E-state index contributed by atoms with van der Waals surface area (Å²) in [6, 6.07) is 1.00. The van der Waals surface area contributed by atoms with Crippen LogP contribution in [0.3, 0.4) is 0 Å². The van der Waals surface area contributed by atoms with Gasteiger partial charge in [0, 0.05) is 16.1 Å². The molecule has 0 amide bonds. The topological polar surface area (TPSA) is 158 Å². The highest BCUT2D eigenvalue weighted by atomic mass is 33.2. The SMILES string of the molecule is C=CC.CCCOS(=O)(=O)O.CN.CS.C[Si](C)(C)CCS(=O)(=O)S(=O)(=O)CC[Si](C)(C)C. The molecule has 15 heteroatoms. The number of rotatable bonds is 10. The summed E-state index contributed by atoms with van der Waals surface area (Å²) < 4.78 is 78.7. The Morgan fingerprint density at radius 2 is 1.09 bits per heavy atom. The van der Waals surface area contributed by atoms with Crippen LogP contribution in [0.15, 0.2) is 12.7 Å². The van der Waals surface area contributed by atoms with Gasteiger partial charge in [0.25, 0.3) is 17.7 Å². The smallest absolute Gasteiger partial charge is 0.333 e. The Morgan fingerprint density at radius 3 is 1.21 bits per heavy atom. The fourth-order valence-corrected chi connectivity index (χ4v) is 12.1. The van der Waals surface area contributed by atoms with Crippen LogP contribution >= 0.6 is 12.6 Å². The quantitative estimate of drug-likeness (QED) is 0.112. The molecule has 0 aliphatic heterocycles. The maximum absolute atomic E-state index is 11.9. The zero-order chi connectivity index (χ0) is 28.2. The van der Waals surface area contributed by atoms with Gasteiger partial charge in [-0.15, -0.1) is 6.58 Å². The van der Waals surface area contributed by atoms with Crippen LogP contribution < -0.4 is 5.73 Å². The van der Waals surface area contributed by atoms with E-state index in [1.807, 2.05) is 46.2 Å². The van der Waals surface area contributed by atoms with E-state index in [0.29, 0.717) is 18.5 Å². The minimum atomic E-state index is -4.19. The lowest BCUT2D eigenvalue weighted by Gasteiger charge is -2.17. The Hall–Kier alpha value is 0.254. The molecule has 0 fully saturated rings. The van der Waals surface area contributed by atoms with Crippen molar-refractivity contribution in [3.8, 4) is 0 Å². The zero-order valence-corrected chi connectivity index (χ0v) is 27.4. The van der Waals surface area contributed by atoms with Crippen LogP contribution in [0.5, 0.6) is 0 Å². The van der Waals surface area contributed by atoms with E-state index in [1.54, 1.807) is 19.3 Å². The summed E-state index contributed by atoms with van der Waals surface area (Å²) in [5, 5.41) is 0. The summed E-state index contributed by atoms with van der Waals surface area (Å²) in [5.74, 6) is -0.423. The third-order valence-corrected chi connectivity index (χ3v) is 13.2. The number of hydrogen-bond acceptors (Lipinski definition) is 9. The lowest BCUT2D eigenvalue weighted by atomic mass is 10.5. The maximum Gasteiger partial charge on any atom is 0.397 e. The van der Waals surface area contributed by atoms with Gasteiger partial charge < -0.3 is 5.73 Å². The average Bonchev–Trinajstić information content (AvgIpc) is 2.66. The molecule has 3 N–H and O–H groups in total. The van der Waals surface area contributed by atoms with Crippen molar-refractivity contribution in [3.05, 3.63) is 12.7 Å². The molecule has 206 valence electrons. The van der Waals surface area contributed by atoms with Crippen LogP contribution in [0, 0.1) is 0 Å². The zero-order valence-electron chi connectivity index (χ0n) is 22.1. The van der Waals surface area contributed by atoms with Crippen molar-refractivity contribution in [2.45, 2.75) is 71.6 Å². The number of hydrogen-bond donors (Lipinski definition) is 3. The fraction of sp³-hybridized carbons (Fsp3) is 0.889. The standard InChI is InChI=1S/C10H26O4S2Si2.C3H8O4S.C3H6.CH5N.CH4S/c1-17(2,3)9-7-15(11,12)16(13,14)8-10-18(4,5)6;1-2-3-7-8(4,5)6;1-3-2;2*1-2/h7-10H2,1-6H3;2-3H2,1H3,(H,4,5,6);3H,1H2,2H3;2H2,1H3;2H,1H3. The molecule has 0 unspecified atom stereocenters. The number of thiol groups is 1. The summed E-state index contributed by atoms with van der Waals surface area (Å²) in [6.07, 6.45) is 4.01. The Balaban J connectivity index is -0.000000144. The molecule has 0 heterocycles. The molecule has 0 spiro atoms. The van der Waals surface area contributed by atoms with Crippen LogP contribution in [0.4, 0.5) is 0 Å². The van der Waals surface area contributed by atoms with E-state index >= 15 is 0 Å². The van der Waals surface area contributed by atoms with E-state index < -0.39 is 44.3 Å². The Bertz CT molecular complexity index is 725. The molecule has 9 nitrogen and oxygen atoms in total. The van der Waals surface area contributed by atoms with E-state index in [9.17, 15) is 25.3 Å². The van der Waals surface area contributed by atoms with E-state index in [-0.39, 0.29) is 18.1 Å². The Labute approximate surface area is 211 Å². The van der Waals surface area contributed by atoms with Gasteiger partial charge in [-0.25, -0.2) is 21.0 Å². The second kappa shape index (κ2) is 21.5. The lowest BCUT2D eigenvalue weighted by molar-refractivity contribution is 0.269. The van der Waals surface area contributed by atoms with Crippen LogP contribution in [0.1, 0.15) is 20.3 Å². The molecular weight excluding hydrogens is 543 g/mol. The highest BCUT2D eigenvalue weighted by molar-refractivity contribution is 8.67. The summed E-state index contributed by atoms with van der Waals surface area (Å²) in [7, 11) is -13.7.